The molecule has 0 radical (unpaired) electrons. The Morgan fingerprint density at radius 2 is 1.90 bits per heavy atom. The van der Waals surface area contributed by atoms with Crippen molar-refractivity contribution in [3.8, 4) is 17.1 Å². The highest BCUT2D eigenvalue weighted by Crippen LogP contribution is 2.16. The van der Waals surface area contributed by atoms with Crippen molar-refractivity contribution in [1.29, 1.82) is 0 Å². The summed E-state index contributed by atoms with van der Waals surface area (Å²) >= 11 is 5.73. The van der Waals surface area contributed by atoms with Crippen LogP contribution in [0.25, 0.3) is 17.1 Å². The second-order valence-electron chi connectivity index (χ2n) is 4.22. The van der Waals surface area contributed by atoms with Gasteiger partial charge in [-0.1, -0.05) is 30.3 Å². The first-order valence-corrected chi connectivity index (χ1v) is 6.51. The molecule has 1 aromatic heterocycles. The maximum absolute atomic E-state index is 13.5. The van der Waals surface area contributed by atoms with Crippen LogP contribution >= 0.6 is 11.6 Å². The van der Waals surface area contributed by atoms with E-state index >= 15 is 0 Å². The van der Waals surface area contributed by atoms with Crippen LogP contribution in [0.15, 0.2) is 48.5 Å². The average molecular weight is 289 g/mol. The van der Waals surface area contributed by atoms with Gasteiger partial charge in [-0.05, 0) is 22.9 Å². The molecule has 0 saturated carbocycles. The van der Waals surface area contributed by atoms with Crippen LogP contribution in [0, 0.1) is 5.82 Å². The molecule has 0 spiro atoms. The maximum atomic E-state index is 13.5. The van der Waals surface area contributed by atoms with Crippen molar-refractivity contribution in [1.82, 2.24) is 20.2 Å². The topological polar surface area (TPSA) is 43.6 Å². The monoisotopic (exact) mass is 288 g/mol. The van der Waals surface area contributed by atoms with Gasteiger partial charge in [0.15, 0.2) is 0 Å². The maximum Gasteiger partial charge on any atom is 0.205 e. The minimum atomic E-state index is -0.378. The quantitative estimate of drug-likeness (QED) is 0.695. The summed E-state index contributed by atoms with van der Waals surface area (Å²) in [4.78, 5) is 1.29. The number of benzene rings is 2. The van der Waals surface area contributed by atoms with E-state index in [0.717, 1.165) is 5.56 Å². The zero-order valence-electron chi connectivity index (χ0n) is 10.4. The molecular weight excluding hydrogens is 279 g/mol. The largest absolute Gasteiger partial charge is 0.207 e. The van der Waals surface area contributed by atoms with Crippen LogP contribution in [0.3, 0.4) is 0 Å². The number of aromatic nitrogens is 4. The van der Waals surface area contributed by atoms with Gasteiger partial charge < -0.3 is 0 Å². The zero-order chi connectivity index (χ0) is 13.9. The highest BCUT2D eigenvalue weighted by molar-refractivity contribution is 6.17. The molecular formula is C14H10ClFN4. The van der Waals surface area contributed by atoms with E-state index in [1.54, 1.807) is 6.07 Å². The Morgan fingerprint density at radius 3 is 2.65 bits per heavy atom. The summed E-state index contributed by atoms with van der Waals surface area (Å²) in [6, 6.07) is 13.9. The minimum absolute atomic E-state index is 0.227. The molecule has 0 N–H and O–H groups in total. The Kier molecular flexibility index (Phi) is 3.43. The smallest absolute Gasteiger partial charge is 0.205 e. The van der Waals surface area contributed by atoms with E-state index in [4.69, 9.17) is 11.6 Å². The molecule has 20 heavy (non-hydrogen) atoms. The van der Waals surface area contributed by atoms with Crippen molar-refractivity contribution in [2.24, 2.45) is 0 Å². The molecule has 1 heterocycles. The second kappa shape index (κ2) is 5.38. The fraction of sp³-hybridized carbons (Fsp3) is 0.0714. The summed E-state index contributed by atoms with van der Waals surface area (Å²) in [5.74, 6) is 0.337. The van der Waals surface area contributed by atoms with Gasteiger partial charge in [-0.3, -0.25) is 0 Å². The van der Waals surface area contributed by atoms with Gasteiger partial charge in [0.2, 0.25) is 5.82 Å². The van der Waals surface area contributed by atoms with Crippen molar-refractivity contribution >= 4 is 11.6 Å². The molecule has 3 rings (SSSR count). The summed E-state index contributed by atoms with van der Waals surface area (Å²) in [6.45, 7) is 0. The first-order valence-electron chi connectivity index (χ1n) is 5.97. The van der Waals surface area contributed by atoms with Gasteiger partial charge in [0, 0.05) is 17.5 Å². The number of tetrazole rings is 1. The lowest BCUT2D eigenvalue weighted by molar-refractivity contribution is 0.619. The van der Waals surface area contributed by atoms with E-state index in [0.29, 0.717) is 17.1 Å². The van der Waals surface area contributed by atoms with Crippen LogP contribution in [-0.4, -0.2) is 20.2 Å². The number of rotatable bonds is 3. The Hall–Kier alpha value is -2.27. The van der Waals surface area contributed by atoms with Crippen LogP contribution in [0.1, 0.15) is 5.56 Å². The molecule has 0 aliphatic heterocycles. The summed E-state index contributed by atoms with van der Waals surface area (Å²) in [6.07, 6.45) is 0. The predicted octanol–water partition coefficient (Wildman–Crippen LogP) is 3.21. The number of hydrogen-bond acceptors (Lipinski definition) is 3. The fourth-order valence-corrected chi connectivity index (χ4v) is 2.01. The van der Waals surface area contributed by atoms with E-state index in [1.165, 1.54) is 16.9 Å². The van der Waals surface area contributed by atoms with Crippen LogP contribution in [-0.2, 0) is 5.88 Å². The second-order valence-corrected chi connectivity index (χ2v) is 4.49. The molecule has 100 valence electrons. The van der Waals surface area contributed by atoms with Crippen LogP contribution in [0.5, 0.6) is 0 Å². The van der Waals surface area contributed by atoms with Gasteiger partial charge in [-0.2, -0.15) is 0 Å². The van der Waals surface area contributed by atoms with Gasteiger partial charge in [0.25, 0.3) is 0 Å². The highest BCUT2D eigenvalue weighted by Gasteiger charge is 2.08. The van der Waals surface area contributed by atoms with Crippen molar-refractivity contribution in [2.45, 2.75) is 5.88 Å². The van der Waals surface area contributed by atoms with E-state index in [-0.39, 0.29) is 11.7 Å². The zero-order valence-corrected chi connectivity index (χ0v) is 11.1. The molecule has 0 saturated heterocycles. The lowest BCUT2D eigenvalue weighted by atomic mass is 10.2. The highest BCUT2D eigenvalue weighted by atomic mass is 35.5. The SMILES string of the molecule is Fc1cc(CCl)cc(-n2nnc(-c3ccccc3)n2)c1. The first-order chi connectivity index (χ1) is 9.76. The Labute approximate surface area is 119 Å². The number of nitrogens with zero attached hydrogens (tertiary/aromatic N) is 4. The van der Waals surface area contributed by atoms with Crippen molar-refractivity contribution in [3.05, 3.63) is 59.9 Å². The predicted molar refractivity (Wildman–Crippen MR) is 74.1 cm³/mol. The molecule has 6 heteroatoms. The molecule has 2 aromatic carbocycles. The molecule has 0 fully saturated rings. The molecule has 0 unspecified atom stereocenters. The van der Waals surface area contributed by atoms with Gasteiger partial charge >= 0.3 is 0 Å². The molecule has 0 amide bonds. The Balaban J connectivity index is 2.00. The van der Waals surface area contributed by atoms with Gasteiger partial charge in [0.1, 0.15) is 5.82 Å². The minimum Gasteiger partial charge on any atom is -0.207 e. The third kappa shape index (κ3) is 2.53. The Bertz CT molecular complexity index is 727. The van der Waals surface area contributed by atoms with E-state index in [2.05, 4.69) is 15.4 Å². The molecule has 0 aliphatic rings. The van der Waals surface area contributed by atoms with Crippen LogP contribution in [0.2, 0.25) is 0 Å². The molecule has 3 aromatic rings. The lowest BCUT2D eigenvalue weighted by Gasteiger charge is -2.01. The fourth-order valence-electron chi connectivity index (χ4n) is 1.85. The summed E-state index contributed by atoms with van der Waals surface area (Å²) in [5.41, 5.74) is 2.02. The average Bonchev–Trinajstić information content (AvgIpc) is 2.97. The van der Waals surface area contributed by atoms with Crippen molar-refractivity contribution < 1.29 is 4.39 Å². The summed E-state index contributed by atoms with van der Waals surface area (Å²) in [7, 11) is 0. The third-order valence-corrected chi connectivity index (χ3v) is 3.08. The van der Waals surface area contributed by atoms with E-state index in [9.17, 15) is 4.39 Å². The van der Waals surface area contributed by atoms with Crippen LogP contribution in [0.4, 0.5) is 4.39 Å². The van der Waals surface area contributed by atoms with Crippen molar-refractivity contribution in [3.63, 3.8) is 0 Å². The Morgan fingerprint density at radius 1 is 1.10 bits per heavy atom. The standard InChI is InChI=1S/C14H10ClFN4/c15-9-10-6-12(16)8-13(7-10)20-18-14(17-19-20)11-4-2-1-3-5-11/h1-8H,9H2. The van der Waals surface area contributed by atoms with Gasteiger partial charge in [-0.25, -0.2) is 4.39 Å². The van der Waals surface area contributed by atoms with E-state index in [1.807, 2.05) is 30.3 Å². The molecule has 0 aliphatic carbocycles. The van der Waals surface area contributed by atoms with Crippen molar-refractivity contribution in [2.75, 3.05) is 0 Å². The number of alkyl halides is 1. The summed E-state index contributed by atoms with van der Waals surface area (Å²) < 4.78 is 13.5. The molecule has 0 atom stereocenters. The lowest BCUT2D eigenvalue weighted by Crippen LogP contribution is -2.00. The molecule has 4 nitrogen and oxygen atoms in total. The van der Waals surface area contributed by atoms with Crippen LogP contribution < -0.4 is 0 Å². The van der Waals surface area contributed by atoms with E-state index < -0.39 is 0 Å². The normalized spacial score (nSPS) is 10.7. The molecule has 0 bridgehead atoms. The first kappa shape index (κ1) is 12.7. The van der Waals surface area contributed by atoms with Gasteiger partial charge in [-0.15, -0.1) is 26.6 Å². The third-order valence-electron chi connectivity index (χ3n) is 2.77. The number of halogens is 2. The van der Waals surface area contributed by atoms with Gasteiger partial charge in [0.05, 0.1) is 5.69 Å². The summed E-state index contributed by atoms with van der Waals surface area (Å²) in [5, 5.41) is 12.2. The number of hydrogen-bond donors (Lipinski definition) is 0.